The Morgan fingerprint density at radius 3 is 2.04 bits per heavy atom. The Morgan fingerprint density at radius 2 is 1.52 bits per heavy atom. The Balaban J connectivity index is 1.64. The molecular formula is C17H22N2O5S. The summed E-state index contributed by atoms with van der Waals surface area (Å²) in [6.07, 6.45) is 4.06. The first kappa shape index (κ1) is 17.9. The highest BCUT2D eigenvalue weighted by Gasteiger charge is 2.33. The molecule has 1 aromatic carbocycles. The molecule has 2 aliphatic rings. The number of carbonyl (C=O) groups is 2. The maximum atomic E-state index is 12.7. The number of sulfonamides is 1. The molecule has 3 rings (SSSR count). The van der Waals surface area contributed by atoms with Gasteiger partial charge in [-0.15, -0.1) is 0 Å². The van der Waals surface area contributed by atoms with E-state index in [2.05, 4.69) is 0 Å². The molecule has 0 unspecified atom stereocenters. The third-order valence-corrected chi connectivity index (χ3v) is 6.91. The van der Waals surface area contributed by atoms with Gasteiger partial charge in [-0.3, -0.25) is 4.79 Å². The Bertz CT molecular complexity index is 746. The third kappa shape index (κ3) is 3.69. The van der Waals surface area contributed by atoms with Gasteiger partial charge in [0.1, 0.15) is 0 Å². The van der Waals surface area contributed by atoms with Crippen LogP contribution in [0.5, 0.6) is 0 Å². The van der Waals surface area contributed by atoms with E-state index in [0.717, 1.165) is 25.7 Å². The lowest BCUT2D eigenvalue weighted by atomic mass is 10.1. The van der Waals surface area contributed by atoms with E-state index < -0.39 is 16.0 Å². The van der Waals surface area contributed by atoms with Crippen LogP contribution < -0.4 is 0 Å². The molecule has 0 radical (unpaired) electrons. The fourth-order valence-electron chi connectivity index (χ4n) is 3.50. The van der Waals surface area contributed by atoms with E-state index in [-0.39, 0.29) is 35.4 Å². The second-order valence-corrected chi connectivity index (χ2v) is 8.48. The molecule has 0 atom stereocenters. The zero-order chi connectivity index (χ0) is 18.0. The number of amides is 1. The van der Waals surface area contributed by atoms with Gasteiger partial charge in [0.25, 0.3) is 0 Å². The molecule has 1 heterocycles. The molecule has 1 N–H and O–H groups in total. The third-order valence-electron chi connectivity index (χ3n) is 4.99. The lowest BCUT2D eigenvalue weighted by Gasteiger charge is -2.35. The van der Waals surface area contributed by atoms with Crippen molar-refractivity contribution in [3.05, 3.63) is 29.8 Å². The molecule has 1 aliphatic heterocycles. The molecule has 8 heteroatoms. The van der Waals surface area contributed by atoms with Crippen LogP contribution in [0.25, 0.3) is 0 Å². The van der Waals surface area contributed by atoms with Crippen molar-refractivity contribution in [3.8, 4) is 0 Å². The Hall–Kier alpha value is -1.93. The maximum absolute atomic E-state index is 12.7. The number of carboxylic acids is 1. The molecule has 1 amide bonds. The first-order chi connectivity index (χ1) is 11.9. The lowest BCUT2D eigenvalue weighted by Crippen LogP contribution is -2.51. The zero-order valence-corrected chi connectivity index (χ0v) is 14.7. The van der Waals surface area contributed by atoms with E-state index in [1.807, 2.05) is 0 Å². The lowest BCUT2D eigenvalue weighted by molar-refractivity contribution is -0.136. The molecule has 0 spiro atoms. The average molecular weight is 366 g/mol. The van der Waals surface area contributed by atoms with Crippen LogP contribution in [0.4, 0.5) is 0 Å². The summed E-state index contributed by atoms with van der Waals surface area (Å²) in [6, 6.07) is 5.20. The number of hydrogen-bond acceptors (Lipinski definition) is 4. The van der Waals surface area contributed by atoms with E-state index in [1.54, 1.807) is 4.90 Å². The molecule has 1 aliphatic carbocycles. The second kappa shape index (κ2) is 7.13. The van der Waals surface area contributed by atoms with Gasteiger partial charge in [-0.25, -0.2) is 13.2 Å². The molecule has 0 bridgehead atoms. The summed E-state index contributed by atoms with van der Waals surface area (Å²) in [5.74, 6) is -0.838. The summed E-state index contributed by atoms with van der Waals surface area (Å²) < 4.78 is 26.7. The molecule has 25 heavy (non-hydrogen) atoms. The summed E-state index contributed by atoms with van der Waals surface area (Å²) in [5, 5.41) is 8.90. The normalized spacial score (nSPS) is 19.9. The number of hydrogen-bond donors (Lipinski definition) is 1. The highest BCUT2D eigenvalue weighted by Crippen LogP contribution is 2.27. The van der Waals surface area contributed by atoms with E-state index in [4.69, 9.17) is 5.11 Å². The SMILES string of the molecule is O=C(O)c1ccc(S(=O)(=O)N2CCN(C(=O)C3CCCC3)CC2)cc1. The fourth-order valence-corrected chi connectivity index (χ4v) is 4.92. The first-order valence-corrected chi connectivity index (χ1v) is 9.96. The van der Waals surface area contributed by atoms with Gasteiger partial charge in [-0.05, 0) is 37.1 Å². The van der Waals surface area contributed by atoms with Crippen LogP contribution in [0.2, 0.25) is 0 Å². The largest absolute Gasteiger partial charge is 0.478 e. The second-order valence-electron chi connectivity index (χ2n) is 6.54. The van der Waals surface area contributed by atoms with Gasteiger partial charge < -0.3 is 10.0 Å². The minimum absolute atomic E-state index is 0.0472. The molecule has 1 saturated heterocycles. The summed E-state index contributed by atoms with van der Waals surface area (Å²) in [4.78, 5) is 25.2. The monoisotopic (exact) mass is 366 g/mol. The van der Waals surface area contributed by atoms with Crippen LogP contribution in [-0.4, -0.2) is 60.8 Å². The van der Waals surface area contributed by atoms with Crippen molar-refractivity contribution >= 4 is 21.9 Å². The van der Waals surface area contributed by atoms with Gasteiger partial charge in [0.15, 0.2) is 0 Å². The number of rotatable bonds is 4. The standard InChI is InChI=1S/C17H22N2O5S/c20-16(13-3-1-2-4-13)18-9-11-19(12-10-18)25(23,24)15-7-5-14(6-8-15)17(21)22/h5-8,13H,1-4,9-12H2,(H,21,22). The molecule has 0 aromatic heterocycles. The van der Waals surface area contributed by atoms with Crippen LogP contribution in [0.3, 0.4) is 0 Å². The van der Waals surface area contributed by atoms with Gasteiger partial charge in [-0.1, -0.05) is 12.8 Å². The van der Waals surface area contributed by atoms with Crippen molar-refractivity contribution in [3.63, 3.8) is 0 Å². The highest BCUT2D eigenvalue weighted by molar-refractivity contribution is 7.89. The average Bonchev–Trinajstić information content (AvgIpc) is 3.16. The smallest absolute Gasteiger partial charge is 0.335 e. The topological polar surface area (TPSA) is 95.0 Å². The maximum Gasteiger partial charge on any atom is 0.335 e. The molecule has 136 valence electrons. The van der Waals surface area contributed by atoms with E-state index in [0.29, 0.717) is 13.1 Å². The van der Waals surface area contributed by atoms with Gasteiger partial charge in [0.2, 0.25) is 15.9 Å². The van der Waals surface area contributed by atoms with Crippen molar-refractivity contribution < 1.29 is 23.1 Å². The molecule has 1 aromatic rings. The number of carbonyl (C=O) groups excluding carboxylic acids is 1. The van der Waals surface area contributed by atoms with E-state index in [1.165, 1.54) is 28.6 Å². The van der Waals surface area contributed by atoms with E-state index in [9.17, 15) is 18.0 Å². The Kier molecular flexibility index (Phi) is 5.10. The minimum Gasteiger partial charge on any atom is -0.478 e. The van der Waals surface area contributed by atoms with Crippen LogP contribution in [0.1, 0.15) is 36.0 Å². The fraction of sp³-hybridized carbons (Fsp3) is 0.529. The predicted molar refractivity (Wildman–Crippen MR) is 90.7 cm³/mol. The number of piperazine rings is 1. The predicted octanol–water partition coefficient (Wildman–Crippen LogP) is 1.41. The van der Waals surface area contributed by atoms with Crippen LogP contribution >= 0.6 is 0 Å². The number of carboxylic acid groups (broad SMARTS) is 1. The van der Waals surface area contributed by atoms with Gasteiger partial charge >= 0.3 is 5.97 Å². The highest BCUT2D eigenvalue weighted by atomic mass is 32.2. The van der Waals surface area contributed by atoms with Gasteiger partial charge in [-0.2, -0.15) is 4.31 Å². The summed E-state index contributed by atoms with van der Waals surface area (Å²) in [6.45, 7) is 1.34. The molecular weight excluding hydrogens is 344 g/mol. The van der Waals surface area contributed by atoms with Gasteiger partial charge in [0.05, 0.1) is 10.5 Å². The number of nitrogens with zero attached hydrogens (tertiary/aromatic N) is 2. The van der Waals surface area contributed by atoms with Crippen LogP contribution in [-0.2, 0) is 14.8 Å². The van der Waals surface area contributed by atoms with Crippen LogP contribution in [0.15, 0.2) is 29.2 Å². The minimum atomic E-state index is -3.67. The summed E-state index contributed by atoms with van der Waals surface area (Å²) >= 11 is 0. The number of benzene rings is 1. The molecule has 7 nitrogen and oxygen atoms in total. The van der Waals surface area contributed by atoms with Crippen molar-refractivity contribution in [1.82, 2.24) is 9.21 Å². The van der Waals surface area contributed by atoms with Crippen molar-refractivity contribution in [2.75, 3.05) is 26.2 Å². The first-order valence-electron chi connectivity index (χ1n) is 8.52. The zero-order valence-electron chi connectivity index (χ0n) is 13.9. The Morgan fingerprint density at radius 1 is 0.960 bits per heavy atom. The Labute approximate surface area is 147 Å². The van der Waals surface area contributed by atoms with Crippen molar-refractivity contribution in [2.24, 2.45) is 5.92 Å². The molecule has 1 saturated carbocycles. The van der Waals surface area contributed by atoms with Crippen LogP contribution in [0, 0.1) is 5.92 Å². The van der Waals surface area contributed by atoms with Crippen molar-refractivity contribution in [2.45, 2.75) is 30.6 Å². The van der Waals surface area contributed by atoms with Crippen molar-refractivity contribution in [1.29, 1.82) is 0 Å². The quantitative estimate of drug-likeness (QED) is 0.869. The molecule has 2 fully saturated rings. The van der Waals surface area contributed by atoms with E-state index >= 15 is 0 Å². The summed E-state index contributed by atoms with van der Waals surface area (Å²) in [7, 11) is -3.67. The number of aromatic carboxylic acids is 1. The summed E-state index contributed by atoms with van der Waals surface area (Å²) in [5.41, 5.74) is 0.0472. The van der Waals surface area contributed by atoms with Gasteiger partial charge in [0, 0.05) is 32.1 Å².